The molecule has 0 heterocycles. The molecule has 37 heavy (non-hydrogen) atoms. The van der Waals surface area contributed by atoms with Crippen LogP contribution in [-0.2, 0) is 20.8 Å². The molecule has 0 N–H and O–H groups in total. The van der Waals surface area contributed by atoms with Crippen LogP contribution in [0.5, 0.6) is 0 Å². The molecule has 0 saturated heterocycles. The summed E-state index contributed by atoms with van der Waals surface area (Å²) in [5, 5.41) is 0. The Kier molecular flexibility index (Phi) is 8.23. The molecule has 0 amide bonds. The van der Waals surface area contributed by atoms with Gasteiger partial charge in [-0.3, -0.25) is 0 Å². The predicted molar refractivity (Wildman–Crippen MR) is 151 cm³/mol. The first kappa shape index (κ1) is 25.9. The topological polar surface area (TPSA) is 0 Å². The summed E-state index contributed by atoms with van der Waals surface area (Å²) in [4.78, 5) is 0. The number of halogens is 2. The second kappa shape index (κ2) is 11.8. The minimum absolute atomic E-state index is 0.264. The molecule has 1 atom stereocenters. The van der Waals surface area contributed by atoms with Crippen LogP contribution in [0.3, 0.4) is 0 Å². The third-order valence-corrected chi connectivity index (χ3v) is 7.48. The molecule has 2 fully saturated rings. The van der Waals surface area contributed by atoms with E-state index in [4.69, 9.17) is 17.0 Å². The van der Waals surface area contributed by atoms with E-state index in [9.17, 15) is 0 Å². The first-order valence-electron chi connectivity index (χ1n) is 12.4. The molecule has 0 unspecified atom stereocenters. The molecule has 1 aromatic carbocycles. The van der Waals surface area contributed by atoms with E-state index in [0.717, 1.165) is 6.42 Å². The molecule has 2 saturated carbocycles. The predicted octanol–water partition coefficient (Wildman–Crippen LogP) is 8.81. The van der Waals surface area contributed by atoms with Crippen molar-refractivity contribution in [3.05, 3.63) is 192 Å². The summed E-state index contributed by atoms with van der Waals surface area (Å²) in [6, 6.07) is 11.1. The van der Waals surface area contributed by atoms with Crippen LogP contribution >= 0.6 is 17.0 Å². The number of benzene rings is 1. The number of hydrogen-bond donors (Lipinski definition) is 0. The third-order valence-electron chi connectivity index (χ3n) is 7.48. The molecule has 10 radical (unpaired) electrons. The van der Waals surface area contributed by atoms with E-state index in [0.29, 0.717) is 0 Å². The van der Waals surface area contributed by atoms with Crippen molar-refractivity contribution in [2.24, 2.45) is 0 Å². The van der Waals surface area contributed by atoms with Crippen LogP contribution in [-0.4, -0.2) is 0 Å². The Morgan fingerprint density at radius 1 is 0.486 bits per heavy atom. The van der Waals surface area contributed by atoms with Crippen LogP contribution in [0, 0.1) is 59.2 Å². The molecule has 7 rings (SSSR count). The van der Waals surface area contributed by atoms with Crippen LogP contribution in [0.15, 0.2) is 128 Å². The maximum absolute atomic E-state index is 4.93. The molecule has 1 aromatic rings. The third kappa shape index (κ3) is 4.90. The van der Waals surface area contributed by atoms with Crippen LogP contribution in [0.25, 0.3) is 0 Å². The van der Waals surface area contributed by atoms with E-state index in [2.05, 4.69) is 128 Å². The van der Waals surface area contributed by atoms with Crippen molar-refractivity contribution in [1.82, 2.24) is 0 Å². The van der Waals surface area contributed by atoms with Gasteiger partial charge in [-0.1, -0.05) is 128 Å². The second-order valence-corrected chi connectivity index (χ2v) is 13.0. The van der Waals surface area contributed by atoms with Gasteiger partial charge in [0.15, 0.2) is 0 Å². The summed E-state index contributed by atoms with van der Waals surface area (Å²) in [6.45, 7) is 0. The summed E-state index contributed by atoms with van der Waals surface area (Å²) in [5.74, 6) is 14.1. The van der Waals surface area contributed by atoms with Crippen molar-refractivity contribution in [3.63, 3.8) is 0 Å². The maximum atomic E-state index is 4.93. The Morgan fingerprint density at radius 3 is 1.27 bits per heavy atom. The second-order valence-electron chi connectivity index (χ2n) is 9.31. The van der Waals surface area contributed by atoms with Crippen LogP contribution in [0.2, 0.25) is 0 Å². The van der Waals surface area contributed by atoms with E-state index in [1.165, 1.54) is 64.7 Å². The van der Waals surface area contributed by atoms with E-state index in [1.807, 2.05) is 0 Å². The average Bonchev–Trinajstić information content (AvgIpc) is 3.46. The minimum atomic E-state index is -0.826. The standard InChI is InChI=1S/C34H24.2ClH.Zr/c1-2-12-23(13-3-1)32(34-30-20-10-8-16-26(30)27-17-9-11-21-31(27)34)22-33-28-18-6-4-14-24(28)25-15-5-7-19-29(25)33;;;/h1-21,32H,22H2;2*1H;/q;;;+4/p-2/t32-;;;/m1.../s1. The van der Waals surface area contributed by atoms with E-state index in [1.54, 1.807) is 0 Å². The zero-order valence-electron chi connectivity index (χ0n) is 20.2. The van der Waals surface area contributed by atoms with Crippen molar-refractivity contribution in [2.75, 3.05) is 0 Å². The normalized spacial score (nSPS) is 25.1. The molecule has 0 spiro atoms. The molecule has 3 heteroatoms. The van der Waals surface area contributed by atoms with Crippen LogP contribution < -0.4 is 0 Å². The van der Waals surface area contributed by atoms with E-state index >= 15 is 0 Å². The fourth-order valence-corrected chi connectivity index (χ4v) is 6.03. The Labute approximate surface area is 241 Å². The quantitative estimate of drug-likeness (QED) is 0.327. The Bertz CT molecular complexity index is 1120. The fraction of sp³-hybridized carbons (Fsp3) is 0.0588. The van der Waals surface area contributed by atoms with Crippen molar-refractivity contribution < 1.29 is 20.8 Å². The van der Waals surface area contributed by atoms with Gasteiger partial charge >= 0.3 is 37.9 Å². The molecule has 6 aliphatic rings. The van der Waals surface area contributed by atoms with E-state index < -0.39 is 20.8 Å². The molecule has 176 valence electrons. The number of hydrogen-bond acceptors (Lipinski definition) is 0. The van der Waals surface area contributed by atoms with Gasteiger partial charge in [0.2, 0.25) is 0 Å². The molecule has 0 bridgehead atoms. The van der Waals surface area contributed by atoms with Crippen molar-refractivity contribution in [2.45, 2.75) is 12.3 Å². The Hall–Kier alpha value is -1.40. The first-order chi connectivity index (χ1) is 18.3. The van der Waals surface area contributed by atoms with Gasteiger partial charge in [0.25, 0.3) is 0 Å². The molecule has 0 aromatic heterocycles. The Balaban J connectivity index is 0.000000804. The number of fused-ring (bicyclic) bond motifs is 6. The SMILES string of the molecule is C1=C[C]2[C]3C=CC=C[C]3[C](C[C@@H]([C]3[C]4C=CC=C[C]4[C]4C=CC=C[C]43)c3ccccc3)[C]2C=C1.[Cl][Zr+2][Cl]. The summed E-state index contributed by atoms with van der Waals surface area (Å²) in [7, 11) is 9.87. The van der Waals surface area contributed by atoms with Crippen molar-refractivity contribution >= 4 is 17.0 Å². The van der Waals surface area contributed by atoms with Crippen molar-refractivity contribution in [3.8, 4) is 0 Å². The van der Waals surface area contributed by atoms with E-state index in [-0.39, 0.29) is 5.92 Å². The molecule has 6 aliphatic carbocycles. The van der Waals surface area contributed by atoms with Gasteiger partial charge in [0.1, 0.15) is 0 Å². The van der Waals surface area contributed by atoms with Gasteiger partial charge in [-0.25, -0.2) is 0 Å². The molecular weight excluding hydrogens is 571 g/mol. The van der Waals surface area contributed by atoms with Crippen molar-refractivity contribution in [1.29, 1.82) is 0 Å². The van der Waals surface area contributed by atoms with Gasteiger partial charge in [0.05, 0.1) is 0 Å². The van der Waals surface area contributed by atoms with Gasteiger partial charge in [-0.2, -0.15) is 0 Å². The fourth-order valence-electron chi connectivity index (χ4n) is 6.03. The zero-order chi connectivity index (χ0) is 25.2. The zero-order valence-corrected chi connectivity index (χ0v) is 24.1. The first-order valence-corrected chi connectivity index (χ1v) is 18.8. The Morgan fingerprint density at radius 2 is 0.838 bits per heavy atom. The van der Waals surface area contributed by atoms with Gasteiger partial charge in [-0.05, 0) is 17.9 Å². The summed E-state index contributed by atoms with van der Waals surface area (Å²) in [5.41, 5.74) is 1.37. The monoisotopic (exact) mass is 592 g/mol. The molecular formula is C34H24Cl2Zr+2. The van der Waals surface area contributed by atoms with Gasteiger partial charge in [0, 0.05) is 59.2 Å². The molecule has 0 nitrogen and oxygen atoms in total. The number of rotatable bonds is 4. The summed E-state index contributed by atoms with van der Waals surface area (Å²) < 4.78 is 0. The average molecular weight is 595 g/mol. The van der Waals surface area contributed by atoms with Gasteiger partial charge < -0.3 is 0 Å². The molecule has 0 aliphatic heterocycles. The summed E-state index contributed by atoms with van der Waals surface area (Å²) >= 11 is -0.826. The van der Waals surface area contributed by atoms with Crippen LogP contribution in [0.1, 0.15) is 17.9 Å². The summed E-state index contributed by atoms with van der Waals surface area (Å²) in [6.07, 6.45) is 36.6. The van der Waals surface area contributed by atoms with Gasteiger partial charge in [-0.15, -0.1) is 0 Å². The van der Waals surface area contributed by atoms with Crippen LogP contribution in [0.4, 0.5) is 0 Å². The number of allylic oxidation sites excluding steroid dienone is 16.